The molecule has 7 nitrogen and oxygen atoms in total. The van der Waals surface area contributed by atoms with Gasteiger partial charge in [0.05, 0.1) is 21.6 Å². The van der Waals surface area contributed by atoms with Gasteiger partial charge in [0.1, 0.15) is 0 Å². The van der Waals surface area contributed by atoms with Gasteiger partial charge in [-0.2, -0.15) is 8.42 Å². The highest BCUT2D eigenvalue weighted by Crippen LogP contribution is 2.24. The maximum Gasteiger partial charge on any atom is 0.401 e. The van der Waals surface area contributed by atoms with Gasteiger partial charge in [-0.15, -0.1) is 0 Å². The van der Waals surface area contributed by atoms with Gasteiger partial charge in [-0.1, -0.05) is 0 Å². The summed E-state index contributed by atoms with van der Waals surface area (Å²) in [4.78, 5) is 23.6. The first kappa shape index (κ1) is 14.5. The molecule has 0 aliphatic heterocycles. The lowest BCUT2D eigenvalue weighted by Crippen LogP contribution is -2.37. The van der Waals surface area contributed by atoms with Crippen LogP contribution in [0.1, 0.15) is 0 Å². The number of aromatic nitrogens is 2. The number of aryl methyl sites for hydroxylation is 1. The second-order valence-electron chi connectivity index (χ2n) is 3.98. The van der Waals surface area contributed by atoms with E-state index in [0.717, 1.165) is 21.3 Å². The molecular formula is C10H8ClFN2O5S. The Labute approximate surface area is 116 Å². The molecule has 0 N–H and O–H groups in total. The number of benzene rings is 1. The van der Waals surface area contributed by atoms with Crippen LogP contribution in [-0.2, 0) is 23.4 Å². The minimum absolute atomic E-state index is 0.00919. The first-order valence-corrected chi connectivity index (χ1v) is 7.38. The Morgan fingerprint density at radius 1 is 1.20 bits per heavy atom. The molecule has 0 unspecified atom stereocenters. The minimum atomic E-state index is -4.45. The molecule has 10 heteroatoms. The van der Waals surface area contributed by atoms with Gasteiger partial charge in [-0.3, -0.25) is 13.9 Å². The van der Waals surface area contributed by atoms with Gasteiger partial charge >= 0.3 is 15.0 Å². The lowest BCUT2D eigenvalue weighted by atomic mass is 10.2. The van der Waals surface area contributed by atoms with Gasteiger partial charge in [0.15, 0.2) is 11.6 Å². The SMILES string of the molecule is Cn1c(=O)c2cc(OS(=O)(=O)Cl)c(F)cc2n(C)c1=O. The van der Waals surface area contributed by atoms with Gasteiger partial charge in [0.2, 0.25) is 0 Å². The van der Waals surface area contributed by atoms with Crippen molar-refractivity contribution < 1.29 is 17.0 Å². The van der Waals surface area contributed by atoms with Gasteiger partial charge in [-0.25, -0.2) is 9.18 Å². The van der Waals surface area contributed by atoms with Crippen LogP contribution in [0.2, 0.25) is 0 Å². The third-order valence-electron chi connectivity index (χ3n) is 2.71. The smallest absolute Gasteiger partial charge is 0.368 e. The number of nitrogens with zero attached hydrogens (tertiary/aromatic N) is 2. The van der Waals surface area contributed by atoms with E-state index in [0.29, 0.717) is 0 Å². The van der Waals surface area contributed by atoms with Crippen LogP contribution >= 0.6 is 10.7 Å². The monoisotopic (exact) mass is 322 g/mol. The predicted octanol–water partition coefficient (Wildman–Crippen LogP) is 0.239. The number of hydrogen-bond acceptors (Lipinski definition) is 5. The highest BCUT2D eigenvalue weighted by atomic mass is 35.7. The van der Waals surface area contributed by atoms with Crippen LogP contribution in [0, 0.1) is 5.82 Å². The van der Waals surface area contributed by atoms with E-state index in [9.17, 15) is 22.4 Å². The van der Waals surface area contributed by atoms with Crippen molar-refractivity contribution in [2.24, 2.45) is 14.1 Å². The molecule has 1 aromatic heterocycles. The third-order valence-corrected chi connectivity index (χ3v) is 3.28. The normalized spacial score (nSPS) is 11.8. The molecule has 0 bridgehead atoms. The zero-order valence-corrected chi connectivity index (χ0v) is 11.8. The largest absolute Gasteiger partial charge is 0.401 e. The number of rotatable bonds is 2. The number of halogens is 2. The molecule has 108 valence electrons. The standard InChI is InChI=1S/C10H8ClFN2O5S/c1-13-7-4-6(12)8(19-20(11,17)18)3-5(7)9(15)14(2)10(13)16/h3-4H,1-2H3. The first-order valence-electron chi connectivity index (χ1n) is 5.15. The molecule has 0 aliphatic rings. The van der Waals surface area contributed by atoms with E-state index in [2.05, 4.69) is 4.18 Å². The average Bonchev–Trinajstić information content (AvgIpc) is 2.34. The Bertz CT molecular complexity index is 931. The summed E-state index contributed by atoms with van der Waals surface area (Å²) in [6.45, 7) is 0. The summed E-state index contributed by atoms with van der Waals surface area (Å²) in [5.41, 5.74) is -1.34. The fourth-order valence-corrected chi connectivity index (χ4v) is 2.30. The maximum absolute atomic E-state index is 13.7. The summed E-state index contributed by atoms with van der Waals surface area (Å²) in [6.07, 6.45) is 0. The van der Waals surface area contributed by atoms with Gasteiger partial charge < -0.3 is 4.18 Å². The molecule has 0 saturated carbocycles. The Kier molecular flexibility index (Phi) is 3.34. The van der Waals surface area contributed by atoms with Crippen molar-refractivity contribution in [2.45, 2.75) is 0 Å². The number of fused-ring (bicyclic) bond motifs is 1. The van der Waals surface area contributed by atoms with Crippen molar-refractivity contribution in [2.75, 3.05) is 0 Å². The molecule has 2 rings (SSSR count). The van der Waals surface area contributed by atoms with Gasteiger partial charge in [0, 0.05) is 20.2 Å². The fraction of sp³-hybridized carbons (Fsp3) is 0.200. The van der Waals surface area contributed by atoms with E-state index in [1.165, 1.54) is 14.1 Å². The summed E-state index contributed by atoms with van der Waals surface area (Å²) < 4.78 is 41.4. The van der Waals surface area contributed by atoms with E-state index in [1.807, 2.05) is 0 Å². The van der Waals surface area contributed by atoms with Gasteiger partial charge in [0.25, 0.3) is 5.56 Å². The molecule has 0 aliphatic carbocycles. The van der Waals surface area contributed by atoms with Gasteiger partial charge in [-0.05, 0) is 6.07 Å². The Morgan fingerprint density at radius 3 is 2.35 bits per heavy atom. The third kappa shape index (κ3) is 2.41. The van der Waals surface area contributed by atoms with Crippen LogP contribution < -0.4 is 15.4 Å². The maximum atomic E-state index is 13.7. The zero-order chi connectivity index (χ0) is 15.2. The highest BCUT2D eigenvalue weighted by Gasteiger charge is 2.17. The average molecular weight is 323 g/mol. The molecule has 0 spiro atoms. The van der Waals surface area contributed by atoms with Crippen molar-refractivity contribution in [3.05, 3.63) is 38.8 Å². The second-order valence-corrected chi connectivity index (χ2v) is 6.07. The molecule has 0 saturated heterocycles. The summed E-state index contributed by atoms with van der Waals surface area (Å²) in [5, 5.41) is -0.0775. The first-order chi connectivity index (χ1) is 9.11. The van der Waals surface area contributed by atoms with Crippen LogP contribution in [0.25, 0.3) is 10.9 Å². The highest BCUT2D eigenvalue weighted by molar-refractivity contribution is 8.10. The van der Waals surface area contributed by atoms with E-state index in [4.69, 9.17) is 10.7 Å². The van der Waals surface area contributed by atoms with Crippen molar-refractivity contribution in [3.8, 4) is 5.75 Å². The topological polar surface area (TPSA) is 87.4 Å². The second kappa shape index (κ2) is 4.60. The molecule has 1 heterocycles. The van der Waals surface area contributed by atoms with Crippen molar-refractivity contribution in [1.82, 2.24) is 9.13 Å². The Morgan fingerprint density at radius 2 is 1.80 bits per heavy atom. The summed E-state index contributed by atoms with van der Waals surface area (Å²) in [5.74, 6) is -1.78. The minimum Gasteiger partial charge on any atom is -0.368 e. The van der Waals surface area contributed by atoms with Crippen LogP contribution in [0.5, 0.6) is 5.75 Å². The Hall–Kier alpha value is -1.87. The molecule has 0 radical (unpaired) electrons. The van der Waals surface area contributed by atoms with E-state index < -0.39 is 32.1 Å². The van der Waals surface area contributed by atoms with Crippen molar-refractivity contribution in [3.63, 3.8) is 0 Å². The van der Waals surface area contributed by atoms with E-state index in [-0.39, 0.29) is 10.9 Å². The number of hydrogen-bond donors (Lipinski definition) is 0. The molecule has 20 heavy (non-hydrogen) atoms. The predicted molar refractivity (Wildman–Crippen MR) is 69.8 cm³/mol. The summed E-state index contributed by atoms with van der Waals surface area (Å²) >= 11 is 0. The molecule has 1 aromatic carbocycles. The van der Waals surface area contributed by atoms with Crippen LogP contribution in [-0.4, -0.2) is 17.6 Å². The molecule has 0 atom stereocenters. The molecular weight excluding hydrogens is 315 g/mol. The zero-order valence-electron chi connectivity index (χ0n) is 10.3. The lowest BCUT2D eigenvalue weighted by molar-refractivity contribution is 0.476. The van der Waals surface area contributed by atoms with E-state index >= 15 is 0 Å². The van der Waals surface area contributed by atoms with Crippen molar-refractivity contribution in [1.29, 1.82) is 0 Å². The van der Waals surface area contributed by atoms with Crippen LogP contribution in [0.15, 0.2) is 21.7 Å². The van der Waals surface area contributed by atoms with Crippen LogP contribution in [0.3, 0.4) is 0 Å². The summed E-state index contributed by atoms with van der Waals surface area (Å²) in [7, 11) is 3.00. The lowest BCUT2D eigenvalue weighted by Gasteiger charge is -2.09. The fourth-order valence-electron chi connectivity index (χ4n) is 1.76. The summed E-state index contributed by atoms with van der Waals surface area (Å²) in [6, 6.07) is 1.71. The van der Waals surface area contributed by atoms with E-state index in [1.54, 1.807) is 0 Å². The molecule has 0 fully saturated rings. The molecule has 0 amide bonds. The quantitative estimate of drug-likeness (QED) is 0.739. The Balaban J connectivity index is 2.91. The molecule has 2 aromatic rings. The van der Waals surface area contributed by atoms with Crippen LogP contribution in [0.4, 0.5) is 4.39 Å². The van der Waals surface area contributed by atoms with Crippen molar-refractivity contribution >= 4 is 30.9 Å².